The third kappa shape index (κ3) is 3.91. The number of benzene rings is 2. The molecule has 1 fully saturated rings. The molecule has 4 rings (SSSR count). The minimum Gasteiger partial charge on any atom is -0.335 e. The molecular weight excluding hydrogens is 414 g/mol. The van der Waals surface area contributed by atoms with Crippen LogP contribution in [-0.2, 0) is 0 Å². The van der Waals surface area contributed by atoms with Gasteiger partial charge in [0, 0.05) is 31.9 Å². The van der Waals surface area contributed by atoms with Crippen molar-refractivity contribution in [2.24, 2.45) is 0 Å². The summed E-state index contributed by atoms with van der Waals surface area (Å²) in [6.45, 7) is 1.31. The molecular formula is C21H17ClF2N4O2. The monoisotopic (exact) mass is 430 g/mol. The maximum absolute atomic E-state index is 13.2. The second kappa shape index (κ2) is 8.23. The summed E-state index contributed by atoms with van der Waals surface area (Å²) < 4.78 is 28.0. The summed E-state index contributed by atoms with van der Waals surface area (Å²) in [6, 6.07) is 9.41. The SMILES string of the molecule is O=C(c1ccc(F)cc1Cl)N1CCN(C(=O)c2cncn2-c2ccc(F)cc2)CC1. The molecule has 0 bridgehead atoms. The van der Waals surface area contributed by atoms with Crippen LogP contribution in [0.15, 0.2) is 55.0 Å². The second-order valence-corrected chi connectivity index (χ2v) is 7.24. The summed E-state index contributed by atoms with van der Waals surface area (Å²) >= 11 is 5.99. The lowest BCUT2D eigenvalue weighted by Gasteiger charge is -2.35. The first-order valence-electron chi connectivity index (χ1n) is 9.26. The van der Waals surface area contributed by atoms with E-state index in [4.69, 9.17) is 11.6 Å². The number of hydrogen-bond donors (Lipinski definition) is 0. The highest BCUT2D eigenvalue weighted by Gasteiger charge is 2.28. The van der Waals surface area contributed by atoms with Gasteiger partial charge in [0.2, 0.25) is 0 Å². The number of halogens is 3. The highest BCUT2D eigenvalue weighted by molar-refractivity contribution is 6.33. The lowest BCUT2D eigenvalue weighted by molar-refractivity contribution is 0.0531. The Morgan fingerprint density at radius 2 is 1.47 bits per heavy atom. The van der Waals surface area contributed by atoms with Gasteiger partial charge in [-0.15, -0.1) is 0 Å². The Kier molecular flexibility index (Phi) is 5.50. The molecule has 1 aliphatic heterocycles. The Morgan fingerprint density at radius 3 is 2.10 bits per heavy atom. The van der Waals surface area contributed by atoms with Crippen molar-refractivity contribution in [1.82, 2.24) is 19.4 Å². The van der Waals surface area contributed by atoms with Crippen molar-refractivity contribution >= 4 is 23.4 Å². The first-order chi connectivity index (χ1) is 14.4. The van der Waals surface area contributed by atoms with Gasteiger partial charge in [0.1, 0.15) is 17.3 Å². The van der Waals surface area contributed by atoms with E-state index in [0.717, 1.165) is 6.07 Å². The van der Waals surface area contributed by atoms with Crippen molar-refractivity contribution in [2.45, 2.75) is 0 Å². The smallest absolute Gasteiger partial charge is 0.272 e. The Hall–Kier alpha value is -3.26. The molecule has 0 spiro atoms. The molecule has 0 atom stereocenters. The van der Waals surface area contributed by atoms with Crippen molar-refractivity contribution in [3.05, 3.63) is 82.9 Å². The predicted octanol–water partition coefficient (Wildman–Crippen LogP) is 3.40. The molecule has 0 unspecified atom stereocenters. The lowest BCUT2D eigenvalue weighted by Crippen LogP contribution is -2.50. The third-order valence-corrected chi connectivity index (χ3v) is 5.29. The predicted molar refractivity (Wildman–Crippen MR) is 107 cm³/mol. The fraction of sp³-hybridized carbons (Fsp3) is 0.190. The minimum atomic E-state index is -0.510. The standard InChI is InChI=1S/C21H17ClF2N4O2/c22-18-11-15(24)3-6-17(18)20(29)26-7-9-27(10-8-26)21(30)19-12-25-13-28(19)16-4-1-14(23)2-5-16/h1-6,11-13H,7-10H2. The highest BCUT2D eigenvalue weighted by Crippen LogP contribution is 2.21. The van der Waals surface area contributed by atoms with Crippen LogP contribution < -0.4 is 0 Å². The zero-order valence-corrected chi connectivity index (χ0v) is 16.5. The Balaban J connectivity index is 1.45. The number of aromatic nitrogens is 2. The van der Waals surface area contributed by atoms with Crippen LogP contribution in [0.1, 0.15) is 20.8 Å². The summed E-state index contributed by atoms with van der Waals surface area (Å²) in [5, 5.41) is 0.0571. The average Bonchev–Trinajstić information content (AvgIpc) is 3.23. The van der Waals surface area contributed by atoms with Crippen LogP contribution in [0.25, 0.3) is 5.69 Å². The van der Waals surface area contributed by atoms with E-state index in [-0.39, 0.29) is 28.2 Å². The van der Waals surface area contributed by atoms with E-state index >= 15 is 0 Å². The van der Waals surface area contributed by atoms with Gasteiger partial charge in [0.05, 0.1) is 23.1 Å². The molecule has 30 heavy (non-hydrogen) atoms. The van der Waals surface area contributed by atoms with E-state index in [1.807, 2.05) is 0 Å². The maximum atomic E-state index is 13.2. The summed E-state index contributed by atoms with van der Waals surface area (Å²) in [4.78, 5) is 32.9. The molecule has 1 saturated heterocycles. The van der Waals surface area contributed by atoms with E-state index in [0.29, 0.717) is 37.6 Å². The minimum absolute atomic E-state index is 0.0571. The summed E-state index contributed by atoms with van der Waals surface area (Å²) in [7, 11) is 0. The van der Waals surface area contributed by atoms with E-state index in [9.17, 15) is 18.4 Å². The van der Waals surface area contributed by atoms with Gasteiger partial charge in [-0.05, 0) is 42.5 Å². The number of rotatable bonds is 3. The van der Waals surface area contributed by atoms with Gasteiger partial charge >= 0.3 is 0 Å². The highest BCUT2D eigenvalue weighted by atomic mass is 35.5. The van der Waals surface area contributed by atoms with Gasteiger partial charge in [0.25, 0.3) is 11.8 Å². The van der Waals surface area contributed by atoms with Gasteiger partial charge in [-0.1, -0.05) is 11.6 Å². The Labute approximate surface area is 176 Å². The molecule has 1 aliphatic rings. The van der Waals surface area contributed by atoms with E-state index in [2.05, 4.69) is 4.98 Å². The molecule has 3 aromatic rings. The van der Waals surface area contributed by atoms with Crippen LogP contribution in [0.3, 0.4) is 0 Å². The molecule has 6 nitrogen and oxygen atoms in total. The molecule has 9 heteroatoms. The quantitative estimate of drug-likeness (QED) is 0.640. The van der Waals surface area contributed by atoms with E-state index in [1.165, 1.54) is 36.8 Å². The number of nitrogens with zero attached hydrogens (tertiary/aromatic N) is 4. The molecule has 0 saturated carbocycles. The fourth-order valence-electron chi connectivity index (χ4n) is 3.37. The third-order valence-electron chi connectivity index (χ3n) is 4.98. The number of carbonyl (C=O) groups is 2. The van der Waals surface area contributed by atoms with Crippen LogP contribution in [0.2, 0.25) is 5.02 Å². The summed E-state index contributed by atoms with van der Waals surface area (Å²) in [5.41, 5.74) is 1.20. The first kappa shape index (κ1) is 20.0. The van der Waals surface area contributed by atoms with Crippen molar-refractivity contribution in [1.29, 1.82) is 0 Å². The number of piperazine rings is 1. The van der Waals surface area contributed by atoms with Gasteiger partial charge in [-0.3, -0.25) is 14.2 Å². The Bertz CT molecular complexity index is 1090. The normalized spacial score (nSPS) is 14.1. The van der Waals surface area contributed by atoms with Crippen molar-refractivity contribution < 1.29 is 18.4 Å². The van der Waals surface area contributed by atoms with E-state index < -0.39 is 5.82 Å². The first-order valence-corrected chi connectivity index (χ1v) is 9.64. The molecule has 2 heterocycles. The summed E-state index contributed by atoms with van der Waals surface area (Å²) in [5.74, 6) is -1.41. The molecule has 0 N–H and O–H groups in total. The van der Waals surface area contributed by atoms with Crippen molar-refractivity contribution in [2.75, 3.05) is 26.2 Å². The zero-order chi connectivity index (χ0) is 21.3. The number of hydrogen-bond acceptors (Lipinski definition) is 3. The summed E-state index contributed by atoms with van der Waals surface area (Å²) in [6.07, 6.45) is 2.96. The lowest BCUT2D eigenvalue weighted by atomic mass is 10.1. The van der Waals surface area contributed by atoms with Gasteiger partial charge in [0.15, 0.2) is 0 Å². The molecule has 2 aromatic carbocycles. The van der Waals surface area contributed by atoms with Crippen LogP contribution >= 0.6 is 11.6 Å². The van der Waals surface area contributed by atoms with E-state index in [1.54, 1.807) is 26.5 Å². The van der Waals surface area contributed by atoms with Crippen LogP contribution in [0, 0.1) is 11.6 Å². The number of amides is 2. The molecule has 2 amide bonds. The number of carbonyl (C=O) groups excluding carboxylic acids is 2. The Morgan fingerprint density at radius 1 is 0.867 bits per heavy atom. The molecule has 0 aliphatic carbocycles. The molecule has 154 valence electrons. The van der Waals surface area contributed by atoms with Gasteiger partial charge < -0.3 is 9.80 Å². The van der Waals surface area contributed by atoms with Crippen LogP contribution in [-0.4, -0.2) is 57.3 Å². The average molecular weight is 431 g/mol. The molecule has 1 aromatic heterocycles. The van der Waals surface area contributed by atoms with Crippen molar-refractivity contribution in [3.63, 3.8) is 0 Å². The number of imidazole rings is 1. The fourth-order valence-corrected chi connectivity index (χ4v) is 3.62. The topological polar surface area (TPSA) is 58.4 Å². The molecule has 0 radical (unpaired) electrons. The van der Waals surface area contributed by atoms with Gasteiger partial charge in [-0.2, -0.15) is 0 Å². The second-order valence-electron chi connectivity index (χ2n) is 6.83. The zero-order valence-electron chi connectivity index (χ0n) is 15.8. The maximum Gasteiger partial charge on any atom is 0.272 e. The van der Waals surface area contributed by atoms with Crippen LogP contribution in [0.5, 0.6) is 0 Å². The van der Waals surface area contributed by atoms with Crippen LogP contribution in [0.4, 0.5) is 8.78 Å². The largest absolute Gasteiger partial charge is 0.335 e. The van der Waals surface area contributed by atoms with Crippen molar-refractivity contribution in [3.8, 4) is 5.69 Å². The van der Waals surface area contributed by atoms with Gasteiger partial charge in [-0.25, -0.2) is 13.8 Å².